The number of hydrogen-bond acceptors (Lipinski definition) is 5. The third-order valence-corrected chi connectivity index (χ3v) is 8.90. The molecule has 1 unspecified atom stereocenters. The number of piperidine rings is 1. The summed E-state index contributed by atoms with van der Waals surface area (Å²) in [6.45, 7) is 2.32. The van der Waals surface area contributed by atoms with Gasteiger partial charge in [0.25, 0.3) is 5.91 Å². The van der Waals surface area contributed by atoms with Crippen molar-refractivity contribution in [3.05, 3.63) is 47.0 Å². The van der Waals surface area contributed by atoms with Gasteiger partial charge in [-0.15, -0.1) is 0 Å². The molecule has 3 heterocycles. The minimum absolute atomic E-state index is 0.0141. The summed E-state index contributed by atoms with van der Waals surface area (Å²) in [7, 11) is -3.88. The number of amides is 2. The van der Waals surface area contributed by atoms with Crippen molar-refractivity contribution in [1.29, 1.82) is 0 Å². The Labute approximate surface area is 197 Å². The zero-order valence-corrected chi connectivity index (χ0v) is 19.7. The van der Waals surface area contributed by atoms with Crippen molar-refractivity contribution in [2.75, 3.05) is 29.9 Å². The SMILES string of the molecule is CC1Cc2ccccc2N1C(=O)C1CCN(S(=O)(=O)c2cc3c(cc2Cl)NC(=O)CO3)CC1. The number of nitrogens with one attached hydrogen (secondary N) is 1. The fraction of sp³-hybridized carbons (Fsp3) is 0.391. The molecule has 0 saturated carbocycles. The number of ether oxygens (including phenoxy) is 1. The fourth-order valence-electron chi connectivity index (χ4n) is 4.86. The van der Waals surface area contributed by atoms with E-state index in [9.17, 15) is 18.0 Å². The summed E-state index contributed by atoms with van der Waals surface area (Å²) in [6.07, 6.45) is 1.71. The van der Waals surface area contributed by atoms with Gasteiger partial charge >= 0.3 is 0 Å². The number of sulfonamides is 1. The Morgan fingerprint density at radius 3 is 2.67 bits per heavy atom. The van der Waals surface area contributed by atoms with Gasteiger partial charge in [0.15, 0.2) is 6.61 Å². The summed E-state index contributed by atoms with van der Waals surface area (Å²) in [6, 6.07) is 10.8. The molecule has 10 heteroatoms. The number of para-hydroxylation sites is 1. The van der Waals surface area contributed by atoms with Crippen LogP contribution in [-0.2, 0) is 26.0 Å². The number of carbonyl (C=O) groups is 2. The molecular weight excluding hydrogens is 466 g/mol. The Balaban J connectivity index is 1.31. The van der Waals surface area contributed by atoms with Gasteiger partial charge in [-0.2, -0.15) is 4.31 Å². The number of benzene rings is 2. The van der Waals surface area contributed by atoms with Crippen LogP contribution in [-0.4, -0.2) is 50.3 Å². The molecule has 0 bridgehead atoms. The summed E-state index contributed by atoms with van der Waals surface area (Å²) in [4.78, 5) is 26.6. The normalized spacial score (nSPS) is 21.2. The smallest absolute Gasteiger partial charge is 0.262 e. The van der Waals surface area contributed by atoms with Crippen LogP contribution in [0.2, 0.25) is 5.02 Å². The molecule has 33 heavy (non-hydrogen) atoms. The Morgan fingerprint density at radius 2 is 1.91 bits per heavy atom. The molecule has 0 aromatic heterocycles. The molecule has 0 radical (unpaired) electrons. The highest BCUT2D eigenvalue weighted by molar-refractivity contribution is 7.89. The van der Waals surface area contributed by atoms with Gasteiger partial charge < -0.3 is 15.0 Å². The van der Waals surface area contributed by atoms with Gasteiger partial charge in [-0.1, -0.05) is 29.8 Å². The summed E-state index contributed by atoms with van der Waals surface area (Å²) < 4.78 is 33.3. The van der Waals surface area contributed by atoms with Gasteiger partial charge in [-0.25, -0.2) is 8.42 Å². The van der Waals surface area contributed by atoms with E-state index in [0.29, 0.717) is 18.5 Å². The molecule has 0 aliphatic carbocycles. The number of nitrogens with zero attached hydrogens (tertiary/aromatic N) is 2. The van der Waals surface area contributed by atoms with E-state index in [-0.39, 0.29) is 59.1 Å². The molecule has 1 fully saturated rings. The van der Waals surface area contributed by atoms with E-state index in [1.165, 1.54) is 22.0 Å². The summed E-state index contributed by atoms with van der Waals surface area (Å²) in [5.41, 5.74) is 2.47. The quantitative estimate of drug-likeness (QED) is 0.714. The average molecular weight is 490 g/mol. The van der Waals surface area contributed by atoms with Crippen molar-refractivity contribution >= 4 is 44.8 Å². The molecule has 1 saturated heterocycles. The van der Waals surface area contributed by atoms with Crippen LogP contribution < -0.4 is 15.0 Å². The van der Waals surface area contributed by atoms with Gasteiger partial charge in [0.05, 0.1) is 10.7 Å². The van der Waals surface area contributed by atoms with Crippen molar-refractivity contribution < 1.29 is 22.7 Å². The molecule has 2 aromatic rings. The van der Waals surface area contributed by atoms with Gasteiger partial charge in [-0.3, -0.25) is 9.59 Å². The molecule has 2 amide bonds. The lowest BCUT2D eigenvalue weighted by molar-refractivity contribution is -0.123. The lowest BCUT2D eigenvalue weighted by Gasteiger charge is -2.34. The molecule has 2 aromatic carbocycles. The molecule has 3 aliphatic rings. The van der Waals surface area contributed by atoms with Crippen LogP contribution >= 0.6 is 11.6 Å². The molecular formula is C23H24ClN3O5S. The number of hydrogen-bond donors (Lipinski definition) is 1. The topological polar surface area (TPSA) is 96.0 Å². The first-order valence-electron chi connectivity index (χ1n) is 10.9. The van der Waals surface area contributed by atoms with Crippen LogP contribution in [0.4, 0.5) is 11.4 Å². The zero-order chi connectivity index (χ0) is 23.3. The van der Waals surface area contributed by atoms with Gasteiger partial charge in [0.1, 0.15) is 10.6 Å². The van der Waals surface area contributed by atoms with E-state index in [0.717, 1.165) is 12.1 Å². The minimum Gasteiger partial charge on any atom is -0.482 e. The average Bonchev–Trinajstić information content (AvgIpc) is 3.13. The van der Waals surface area contributed by atoms with Crippen LogP contribution in [0.1, 0.15) is 25.3 Å². The first-order valence-corrected chi connectivity index (χ1v) is 12.7. The first kappa shape index (κ1) is 22.2. The maximum atomic E-state index is 13.3. The Hall–Kier alpha value is -2.62. The van der Waals surface area contributed by atoms with E-state index in [2.05, 4.69) is 5.32 Å². The number of halogens is 1. The van der Waals surface area contributed by atoms with Crippen molar-refractivity contribution in [2.24, 2.45) is 5.92 Å². The fourth-order valence-corrected chi connectivity index (χ4v) is 6.85. The van der Waals surface area contributed by atoms with Crippen LogP contribution in [0.15, 0.2) is 41.3 Å². The third-order valence-electron chi connectivity index (χ3n) is 6.53. The Bertz CT molecular complexity index is 1240. The second-order valence-corrected chi connectivity index (χ2v) is 11.0. The highest BCUT2D eigenvalue weighted by atomic mass is 35.5. The van der Waals surface area contributed by atoms with Gasteiger partial charge in [0.2, 0.25) is 15.9 Å². The number of carbonyl (C=O) groups excluding carboxylic acids is 2. The van der Waals surface area contributed by atoms with Crippen molar-refractivity contribution in [3.63, 3.8) is 0 Å². The van der Waals surface area contributed by atoms with E-state index in [4.69, 9.17) is 16.3 Å². The summed E-state index contributed by atoms with van der Waals surface area (Å²) >= 11 is 6.27. The minimum atomic E-state index is -3.88. The summed E-state index contributed by atoms with van der Waals surface area (Å²) in [5, 5.41) is 2.63. The predicted molar refractivity (Wildman–Crippen MR) is 124 cm³/mol. The summed E-state index contributed by atoms with van der Waals surface area (Å²) in [5.74, 6) is -0.233. The molecule has 1 atom stereocenters. The van der Waals surface area contributed by atoms with E-state index in [1.807, 2.05) is 36.1 Å². The van der Waals surface area contributed by atoms with Crippen LogP contribution in [0.5, 0.6) is 5.75 Å². The van der Waals surface area contributed by atoms with E-state index >= 15 is 0 Å². The molecule has 0 spiro atoms. The largest absolute Gasteiger partial charge is 0.482 e. The van der Waals surface area contributed by atoms with Gasteiger partial charge in [0, 0.05) is 36.8 Å². The van der Waals surface area contributed by atoms with Crippen LogP contribution in [0, 0.1) is 5.92 Å². The third kappa shape index (κ3) is 3.88. The number of anilines is 2. The standard InChI is InChI=1S/C23H24ClN3O5S/c1-14-10-16-4-2-3-5-19(16)27(14)23(29)15-6-8-26(9-7-15)33(30,31)21-12-20-18(11-17(21)24)25-22(28)13-32-20/h2-5,11-12,14-15H,6-10,13H2,1H3,(H,25,28). The van der Waals surface area contributed by atoms with Crippen LogP contribution in [0.3, 0.4) is 0 Å². The molecule has 8 nitrogen and oxygen atoms in total. The maximum Gasteiger partial charge on any atom is 0.262 e. The maximum absolute atomic E-state index is 13.3. The lowest BCUT2D eigenvalue weighted by atomic mass is 9.96. The molecule has 174 valence electrons. The molecule has 3 aliphatic heterocycles. The first-order chi connectivity index (χ1) is 15.8. The Kier molecular flexibility index (Phi) is 5.58. The van der Waals surface area contributed by atoms with Crippen molar-refractivity contribution in [2.45, 2.75) is 37.1 Å². The number of fused-ring (bicyclic) bond motifs is 2. The second-order valence-electron chi connectivity index (χ2n) is 8.68. The Morgan fingerprint density at radius 1 is 1.18 bits per heavy atom. The lowest BCUT2D eigenvalue weighted by Crippen LogP contribution is -2.46. The number of rotatable bonds is 3. The van der Waals surface area contributed by atoms with E-state index < -0.39 is 10.0 Å². The monoisotopic (exact) mass is 489 g/mol. The second kappa shape index (κ2) is 8.30. The highest BCUT2D eigenvalue weighted by Gasteiger charge is 2.39. The molecule has 1 N–H and O–H groups in total. The van der Waals surface area contributed by atoms with Crippen molar-refractivity contribution in [1.82, 2.24) is 4.31 Å². The predicted octanol–water partition coefficient (Wildman–Crippen LogP) is 3.05. The van der Waals surface area contributed by atoms with Crippen molar-refractivity contribution in [3.8, 4) is 5.75 Å². The van der Waals surface area contributed by atoms with Crippen LogP contribution in [0.25, 0.3) is 0 Å². The van der Waals surface area contributed by atoms with E-state index in [1.54, 1.807) is 0 Å². The zero-order valence-electron chi connectivity index (χ0n) is 18.1. The highest BCUT2D eigenvalue weighted by Crippen LogP contribution is 2.38. The molecule has 5 rings (SSSR count). The van der Waals surface area contributed by atoms with Gasteiger partial charge in [-0.05, 0) is 43.9 Å².